The van der Waals surface area contributed by atoms with Gasteiger partial charge >= 0.3 is 11.9 Å². The van der Waals surface area contributed by atoms with E-state index in [0.717, 1.165) is 67.6 Å². The number of hydrogen-bond donors (Lipinski definition) is 1. The Morgan fingerprint density at radius 2 is 1.51 bits per heavy atom. The summed E-state index contributed by atoms with van der Waals surface area (Å²) >= 11 is 1.56. The Balaban J connectivity index is 1.49. The molecular weight excluding hydrogens is 460 g/mol. The fraction of sp³-hybridized carbons (Fsp3) is 0.607. The Labute approximate surface area is 212 Å². The van der Waals surface area contributed by atoms with Crippen molar-refractivity contribution in [2.45, 2.75) is 102 Å². The standard InChI is InChI=1S/C28H38N2O4S/c1-19(2)16-24(27(31)33-22-12-6-7-13-22)30-25(28(32)34-23-14-8-9-15-23)17-21-18-35-26(29-21)20-10-4-3-5-11-20/h3-5,10-11,18-19,22-25,30H,6-9,12-17H2,1-2H3/t24-,25-/m0/s1. The number of esters is 2. The second-order valence-corrected chi connectivity index (χ2v) is 11.2. The number of nitrogens with zero attached hydrogens (tertiary/aromatic N) is 1. The van der Waals surface area contributed by atoms with E-state index in [1.807, 2.05) is 35.7 Å². The molecule has 0 bridgehead atoms. The third-order valence-corrected chi connectivity index (χ3v) is 7.77. The lowest BCUT2D eigenvalue weighted by Crippen LogP contribution is -2.50. The Morgan fingerprint density at radius 1 is 0.943 bits per heavy atom. The zero-order valence-corrected chi connectivity index (χ0v) is 21.7. The van der Waals surface area contributed by atoms with Crippen molar-refractivity contribution < 1.29 is 19.1 Å². The molecular formula is C28H38N2O4S. The molecule has 2 aromatic rings. The first kappa shape index (κ1) is 25.8. The second kappa shape index (κ2) is 12.6. The van der Waals surface area contributed by atoms with Crippen LogP contribution in [0.3, 0.4) is 0 Å². The molecule has 0 spiro atoms. The molecule has 0 amide bonds. The van der Waals surface area contributed by atoms with Crippen molar-refractivity contribution in [3.05, 3.63) is 41.4 Å². The van der Waals surface area contributed by atoms with Gasteiger partial charge in [-0.3, -0.25) is 14.9 Å². The highest BCUT2D eigenvalue weighted by Gasteiger charge is 2.33. The minimum Gasteiger partial charge on any atom is -0.461 e. The average molecular weight is 499 g/mol. The summed E-state index contributed by atoms with van der Waals surface area (Å²) in [6.07, 6.45) is 8.99. The average Bonchev–Trinajstić information content (AvgIpc) is 3.62. The van der Waals surface area contributed by atoms with E-state index in [1.165, 1.54) is 0 Å². The van der Waals surface area contributed by atoms with Crippen molar-refractivity contribution in [3.63, 3.8) is 0 Å². The van der Waals surface area contributed by atoms with E-state index >= 15 is 0 Å². The van der Waals surface area contributed by atoms with Crippen LogP contribution in [-0.2, 0) is 25.5 Å². The normalized spacial score (nSPS) is 18.6. The number of carbonyl (C=O) groups excluding carboxylic acids is 2. The van der Waals surface area contributed by atoms with Crippen LogP contribution in [0.25, 0.3) is 10.6 Å². The van der Waals surface area contributed by atoms with Gasteiger partial charge in [-0.1, -0.05) is 44.2 Å². The monoisotopic (exact) mass is 498 g/mol. The first-order chi connectivity index (χ1) is 17.0. The summed E-state index contributed by atoms with van der Waals surface area (Å²) in [6, 6.07) is 8.83. The molecule has 2 aliphatic rings. The molecule has 2 saturated carbocycles. The lowest BCUT2D eigenvalue weighted by Gasteiger charge is -2.26. The maximum Gasteiger partial charge on any atom is 0.323 e. The van der Waals surface area contributed by atoms with Gasteiger partial charge in [0.25, 0.3) is 0 Å². The number of rotatable bonds is 11. The number of hydrogen-bond acceptors (Lipinski definition) is 7. The van der Waals surface area contributed by atoms with Crippen LogP contribution in [0, 0.1) is 5.92 Å². The first-order valence-corrected chi connectivity index (χ1v) is 14.0. The molecule has 4 rings (SSSR count). The van der Waals surface area contributed by atoms with E-state index < -0.39 is 12.1 Å². The topological polar surface area (TPSA) is 77.5 Å². The lowest BCUT2D eigenvalue weighted by molar-refractivity contribution is -0.155. The quantitative estimate of drug-likeness (QED) is 0.401. The number of thiazole rings is 1. The van der Waals surface area contributed by atoms with Gasteiger partial charge in [0.2, 0.25) is 0 Å². The predicted octanol–water partition coefficient (Wildman–Crippen LogP) is 5.70. The molecule has 35 heavy (non-hydrogen) atoms. The molecule has 2 fully saturated rings. The molecule has 6 nitrogen and oxygen atoms in total. The van der Waals surface area contributed by atoms with E-state index in [-0.39, 0.29) is 30.1 Å². The van der Waals surface area contributed by atoms with Crippen LogP contribution in [0.1, 0.15) is 77.3 Å². The van der Waals surface area contributed by atoms with Crippen molar-refractivity contribution in [2.24, 2.45) is 5.92 Å². The van der Waals surface area contributed by atoms with Crippen LogP contribution in [-0.4, -0.2) is 41.2 Å². The van der Waals surface area contributed by atoms with Crippen LogP contribution in [0.2, 0.25) is 0 Å². The van der Waals surface area contributed by atoms with Crippen molar-refractivity contribution in [1.82, 2.24) is 10.3 Å². The van der Waals surface area contributed by atoms with Gasteiger partial charge in [0, 0.05) is 17.4 Å². The summed E-state index contributed by atoms with van der Waals surface area (Å²) in [5.41, 5.74) is 1.88. The number of carbonyl (C=O) groups is 2. The van der Waals surface area contributed by atoms with Crippen molar-refractivity contribution in [2.75, 3.05) is 0 Å². The summed E-state index contributed by atoms with van der Waals surface area (Å²) < 4.78 is 11.7. The van der Waals surface area contributed by atoms with Gasteiger partial charge in [-0.2, -0.15) is 0 Å². The summed E-state index contributed by atoms with van der Waals surface area (Å²) in [4.78, 5) is 31.2. The number of benzene rings is 1. The summed E-state index contributed by atoms with van der Waals surface area (Å²) in [5, 5.41) is 6.26. The van der Waals surface area contributed by atoms with E-state index in [1.54, 1.807) is 11.3 Å². The number of aromatic nitrogens is 1. The fourth-order valence-corrected chi connectivity index (χ4v) is 5.82. The number of ether oxygens (including phenoxy) is 2. The molecule has 0 unspecified atom stereocenters. The fourth-order valence-electron chi connectivity index (χ4n) is 4.99. The zero-order valence-electron chi connectivity index (χ0n) is 20.9. The van der Waals surface area contributed by atoms with Crippen LogP contribution in [0.4, 0.5) is 0 Å². The molecule has 1 aromatic heterocycles. The zero-order chi connectivity index (χ0) is 24.6. The summed E-state index contributed by atoms with van der Waals surface area (Å²) in [5.74, 6) is -0.278. The predicted molar refractivity (Wildman–Crippen MR) is 138 cm³/mol. The molecule has 0 radical (unpaired) electrons. The van der Waals surface area contributed by atoms with Gasteiger partial charge in [-0.25, -0.2) is 4.98 Å². The van der Waals surface area contributed by atoms with Crippen LogP contribution in [0.5, 0.6) is 0 Å². The van der Waals surface area contributed by atoms with Crippen LogP contribution < -0.4 is 5.32 Å². The lowest BCUT2D eigenvalue weighted by atomic mass is 10.0. The third kappa shape index (κ3) is 7.61. The minimum atomic E-state index is -0.652. The highest BCUT2D eigenvalue weighted by molar-refractivity contribution is 7.13. The minimum absolute atomic E-state index is 0.00479. The Kier molecular flexibility index (Phi) is 9.32. The molecule has 2 aliphatic carbocycles. The molecule has 2 atom stereocenters. The van der Waals surface area contributed by atoms with Gasteiger partial charge in [-0.05, 0) is 63.7 Å². The molecule has 190 valence electrons. The maximum absolute atomic E-state index is 13.3. The molecule has 7 heteroatoms. The SMILES string of the molecule is CC(C)C[C@H](N[C@@H](Cc1csc(-c2ccccc2)n1)C(=O)OC1CCCC1)C(=O)OC1CCCC1. The molecule has 0 saturated heterocycles. The van der Waals surface area contributed by atoms with E-state index in [4.69, 9.17) is 14.5 Å². The molecule has 0 aliphatic heterocycles. The highest BCUT2D eigenvalue weighted by atomic mass is 32.1. The van der Waals surface area contributed by atoms with Gasteiger partial charge in [0.15, 0.2) is 0 Å². The first-order valence-electron chi connectivity index (χ1n) is 13.1. The van der Waals surface area contributed by atoms with Crippen LogP contribution in [0.15, 0.2) is 35.7 Å². The largest absolute Gasteiger partial charge is 0.461 e. The van der Waals surface area contributed by atoms with Gasteiger partial charge in [-0.15, -0.1) is 11.3 Å². The molecule has 1 heterocycles. The summed E-state index contributed by atoms with van der Waals surface area (Å²) in [7, 11) is 0. The van der Waals surface area contributed by atoms with Gasteiger partial charge in [0.1, 0.15) is 29.3 Å². The third-order valence-electron chi connectivity index (χ3n) is 6.83. The number of nitrogens with one attached hydrogen (secondary N) is 1. The van der Waals surface area contributed by atoms with E-state index in [9.17, 15) is 9.59 Å². The Morgan fingerprint density at radius 3 is 2.09 bits per heavy atom. The van der Waals surface area contributed by atoms with E-state index in [2.05, 4.69) is 19.2 Å². The van der Waals surface area contributed by atoms with E-state index in [0.29, 0.717) is 12.8 Å². The van der Waals surface area contributed by atoms with Crippen molar-refractivity contribution >= 4 is 23.3 Å². The Hall–Kier alpha value is -2.25. The summed E-state index contributed by atoms with van der Waals surface area (Å²) in [6.45, 7) is 4.16. The smallest absolute Gasteiger partial charge is 0.323 e. The van der Waals surface area contributed by atoms with Gasteiger partial charge < -0.3 is 9.47 Å². The van der Waals surface area contributed by atoms with Crippen molar-refractivity contribution in [3.8, 4) is 10.6 Å². The maximum atomic E-state index is 13.3. The second-order valence-electron chi connectivity index (χ2n) is 10.3. The molecule has 1 N–H and O–H groups in total. The van der Waals surface area contributed by atoms with Gasteiger partial charge in [0.05, 0.1) is 5.69 Å². The Bertz CT molecular complexity index is 949. The molecule has 1 aromatic carbocycles. The highest BCUT2D eigenvalue weighted by Crippen LogP contribution is 2.26. The van der Waals surface area contributed by atoms with Crippen LogP contribution >= 0.6 is 11.3 Å². The van der Waals surface area contributed by atoms with Crippen molar-refractivity contribution in [1.29, 1.82) is 0 Å².